The number of hydrogen-bond donors (Lipinski definition) is 3. The molecule has 0 aromatic heterocycles. The third-order valence-electron chi connectivity index (χ3n) is 3.42. The van der Waals surface area contributed by atoms with Gasteiger partial charge in [0.1, 0.15) is 5.54 Å². The van der Waals surface area contributed by atoms with Crippen LogP contribution >= 0.6 is 12.4 Å². The van der Waals surface area contributed by atoms with Crippen LogP contribution in [0.2, 0.25) is 0 Å². The molecule has 6 nitrogen and oxygen atoms in total. The Morgan fingerprint density at radius 1 is 1.24 bits per heavy atom. The Labute approximate surface area is 149 Å². The quantitative estimate of drug-likeness (QED) is 0.588. The van der Waals surface area contributed by atoms with Gasteiger partial charge in [0.15, 0.2) is 0 Å². The van der Waals surface area contributed by atoms with E-state index in [1.807, 2.05) is 0 Å². The number of alkyl halides is 3. The molecule has 1 atom stereocenters. The molecular formula is C15H21ClF3N3O3. The van der Waals surface area contributed by atoms with Gasteiger partial charge in [-0.1, -0.05) is 12.1 Å². The summed E-state index contributed by atoms with van der Waals surface area (Å²) in [5.41, 5.74) is 2.57. The Morgan fingerprint density at radius 3 is 2.36 bits per heavy atom. The largest absolute Gasteiger partial charge is 0.416 e. The highest BCUT2D eigenvalue weighted by atomic mass is 35.5. The van der Waals surface area contributed by atoms with Gasteiger partial charge in [-0.25, -0.2) is 0 Å². The van der Waals surface area contributed by atoms with Crippen molar-refractivity contribution in [3.05, 3.63) is 35.4 Å². The van der Waals surface area contributed by atoms with Crippen molar-refractivity contribution >= 4 is 24.2 Å². The smallest absolute Gasteiger partial charge is 0.383 e. The van der Waals surface area contributed by atoms with Crippen molar-refractivity contribution in [2.45, 2.75) is 18.6 Å². The second-order valence-corrected chi connectivity index (χ2v) is 5.29. The zero-order valence-electron chi connectivity index (χ0n) is 13.8. The Kier molecular flexibility index (Phi) is 8.89. The lowest BCUT2D eigenvalue weighted by atomic mass is 9.89. The van der Waals surface area contributed by atoms with Crippen molar-refractivity contribution in [1.82, 2.24) is 10.6 Å². The van der Waals surface area contributed by atoms with E-state index in [2.05, 4.69) is 10.6 Å². The lowest BCUT2D eigenvalue weighted by Gasteiger charge is -2.28. The number of primary amides is 1. The molecule has 0 radical (unpaired) electrons. The van der Waals surface area contributed by atoms with Crippen LogP contribution in [0.25, 0.3) is 0 Å². The molecule has 0 spiro atoms. The minimum Gasteiger partial charge on any atom is -0.383 e. The van der Waals surface area contributed by atoms with Crippen molar-refractivity contribution in [2.75, 3.05) is 26.8 Å². The molecule has 4 N–H and O–H groups in total. The molecule has 10 heteroatoms. The van der Waals surface area contributed by atoms with Crippen LogP contribution in [0, 0.1) is 0 Å². The third kappa shape index (κ3) is 6.52. The van der Waals surface area contributed by atoms with Gasteiger partial charge in [0.25, 0.3) is 0 Å². The summed E-state index contributed by atoms with van der Waals surface area (Å²) in [6.07, 6.45) is -4.57. The minimum atomic E-state index is -4.57. The summed E-state index contributed by atoms with van der Waals surface area (Å²) in [5.74, 6) is -1.54. The number of methoxy groups -OCH3 is 1. The van der Waals surface area contributed by atoms with Crippen LogP contribution in [-0.2, 0) is 26.0 Å². The number of nitrogens with one attached hydrogen (secondary N) is 2. The third-order valence-corrected chi connectivity index (χ3v) is 3.42. The van der Waals surface area contributed by atoms with E-state index in [-0.39, 0.29) is 24.5 Å². The summed E-state index contributed by atoms with van der Waals surface area (Å²) in [4.78, 5) is 23.7. The Hall–Kier alpha value is -1.84. The number of rotatable bonds is 8. The molecule has 1 unspecified atom stereocenters. The van der Waals surface area contributed by atoms with Gasteiger partial charge in [0, 0.05) is 13.7 Å². The molecule has 0 aliphatic heterocycles. The van der Waals surface area contributed by atoms with Crippen LogP contribution in [0.15, 0.2) is 24.3 Å². The predicted octanol–water partition coefficient (Wildman–Crippen LogP) is 1.18. The fourth-order valence-electron chi connectivity index (χ4n) is 1.98. The lowest BCUT2D eigenvalue weighted by molar-refractivity contribution is -0.138. The van der Waals surface area contributed by atoms with Crippen LogP contribution < -0.4 is 16.4 Å². The van der Waals surface area contributed by atoms with Gasteiger partial charge in [-0.05, 0) is 24.6 Å². The summed E-state index contributed by atoms with van der Waals surface area (Å²) >= 11 is 0. The zero-order valence-corrected chi connectivity index (χ0v) is 14.6. The van der Waals surface area contributed by atoms with Crippen molar-refractivity contribution < 1.29 is 27.5 Å². The highest BCUT2D eigenvalue weighted by Crippen LogP contribution is 2.32. The summed E-state index contributed by atoms with van der Waals surface area (Å²) in [7, 11) is 1.50. The normalized spacial score (nSPS) is 13.5. The number of benzene rings is 1. The molecule has 0 bridgehead atoms. The summed E-state index contributed by atoms with van der Waals surface area (Å²) in [6, 6.07) is 4.13. The van der Waals surface area contributed by atoms with Gasteiger partial charge < -0.3 is 21.1 Å². The monoisotopic (exact) mass is 383 g/mol. The van der Waals surface area contributed by atoms with Gasteiger partial charge in [0.2, 0.25) is 11.8 Å². The maximum absolute atomic E-state index is 12.8. The van der Waals surface area contributed by atoms with E-state index in [0.29, 0.717) is 13.2 Å². The fourth-order valence-corrected chi connectivity index (χ4v) is 1.98. The second kappa shape index (κ2) is 9.59. The second-order valence-electron chi connectivity index (χ2n) is 5.29. The SMILES string of the molecule is COCCNCC(=O)NC(C)(C(N)=O)c1cccc(C(F)(F)F)c1.Cl. The molecule has 0 aliphatic carbocycles. The maximum Gasteiger partial charge on any atom is 0.416 e. The van der Waals surface area contributed by atoms with Crippen molar-refractivity contribution in [3.8, 4) is 0 Å². The predicted molar refractivity (Wildman–Crippen MR) is 88.1 cm³/mol. The topological polar surface area (TPSA) is 93.4 Å². The molecule has 0 saturated heterocycles. The minimum absolute atomic E-state index is 0. The summed E-state index contributed by atoms with van der Waals surface area (Å²) < 4.78 is 43.3. The highest BCUT2D eigenvalue weighted by Gasteiger charge is 2.37. The summed E-state index contributed by atoms with van der Waals surface area (Å²) in [5, 5.41) is 5.15. The van der Waals surface area contributed by atoms with Crippen LogP contribution in [0.1, 0.15) is 18.1 Å². The number of ether oxygens (including phenoxy) is 1. The molecule has 0 saturated carbocycles. The van der Waals surface area contributed by atoms with E-state index >= 15 is 0 Å². The molecule has 1 aromatic carbocycles. The molecule has 0 aliphatic rings. The number of amides is 2. The van der Waals surface area contributed by atoms with Crippen molar-refractivity contribution in [1.29, 1.82) is 0 Å². The van der Waals surface area contributed by atoms with Crippen LogP contribution in [0.4, 0.5) is 13.2 Å². The van der Waals surface area contributed by atoms with Crippen LogP contribution in [-0.4, -0.2) is 38.6 Å². The number of nitrogens with two attached hydrogens (primary N) is 1. The van der Waals surface area contributed by atoms with E-state index in [1.54, 1.807) is 0 Å². The van der Waals surface area contributed by atoms with E-state index in [0.717, 1.165) is 18.2 Å². The molecular weight excluding hydrogens is 363 g/mol. The Balaban J connectivity index is 0.00000576. The number of halogens is 4. The fraction of sp³-hybridized carbons (Fsp3) is 0.467. The van der Waals surface area contributed by atoms with E-state index in [1.165, 1.54) is 20.1 Å². The molecule has 0 fully saturated rings. The Morgan fingerprint density at radius 2 is 1.84 bits per heavy atom. The van der Waals surface area contributed by atoms with Crippen molar-refractivity contribution in [3.63, 3.8) is 0 Å². The van der Waals surface area contributed by atoms with Crippen LogP contribution in [0.5, 0.6) is 0 Å². The lowest BCUT2D eigenvalue weighted by Crippen LogP contribution is -2.54. The van der Waals surface area contributed by atoms with Gasteiger partial charge in [0.05, 0.1) is 18.7 Å². The van der Waals surface area contributed by atoms with E-state index in [4.69, 9.17) is 10.5 Å². The zero-order chi connectivity index (χ0) is 18.4. The van der Waals surface area contributed by atoms with E-state index < -0.39 is 29.1 Å². The molecule has 25 heavy (non-hydrogen) atoms. The average molecular weight is 384 g/mol. The average Bonchev–Trinajstić information content (AvgIpc) is 2.50. The first-order chi connectivity index (χ1) is 11.1. The number of carbonyl (C=O) groups excluding carboxylic acids is 2. The van der Waals surface area contributed by atoms with Crippen LogP contribution in [0.3, 0.4) is 0 Å². The molecule has 2 amide bonds. The Bertz CT molecular complexity index is 599. The molecule has 0 heterocycles. The maximum atomic E-state index is 12.8. The first-order valence-electron chi connectivity index (χ1n) is 7.09. The standard InChI is InChI=1S/C15H20F3N3O3.ClH/c1-14(13(19)23,21-12(22)9-20-6-7-24-2)10-4-3-5-11(8-10)15(16,17)18;/h3-5,8,20H,6-7,9H2,1-2H3,(H2,19,23)(H,21,22);1H. The van der Waals surface area contributed by atoms with Crippen molar-refractivity contribution in [2.24, 2.45) is 5.73 Å². The number of carbonyl (C=O) groups is 2. The number of hydrogen-bond acceptors (Lipinski definition) is 4. The summed E-state index contributed by atoms with van der Waals surface area (Å²) in [6.45, 7) is 1.91. The van der Waals surface area contributed by atoms with Gasteiger partial charge in [-0.15, -0.1) is 12.4 Å². The molecule has 1 aromatic rings. The molecule has 1 rings (SSSR count). The molecule has 142 valence electrons. The highest BCUT2D eigenvalue weighted by molar-refractivity contribution is 5.91. The van der Waals surface area contributed by atoms with E-state index in [9.17, 15) is 22.8 Å². The van der Waals surface area contributed by atoms with Gasteiger partial charge >= 0.3 is 6.18 Å². The first-order valence-corrected chi connectivity index (χ1v) is 7.09. The first kappa shape index (κ1) is 23.2. The van der Waals surface area contributed by atoms with Gasteiger partial charge in [-0.3, -0.25) is 9.59 Å². The van der Waals surface area contributed by atoms with Gasteiger partial charge in [-0.2, -0.15) is 13.2 Å².